The molecular weight excluding hydrogens is 195 g/mol. The van der Waals surface area contributed by atoms with Gasteiger partial charge in [0.2, 0.25) is 12.0 Å². The van der Waals surface area contributed by atoms with E-state index in [1.165, 1.54) is 0 Å². The number of Topliss-reactive ketones (excluding diaryl/α,β-unsaturated/α-hetero) is 2. The van der Waals surface area contributed by atoms with E-state index in [1.54, 1.807) is 12.1 Å². The Morgan fingerprint density at radius 2 is 1.60 bits per heavy atom. The number of hydrogen-bond donors (Lipinski definition) is 0. The fourth-order valence-electron chi connectivity index (χ4n) is 1.45. The van der Waals surface area contributed by atoms with Crippen molar-refractivity contribution in [2.24, 2.45) is 0 Å². The van der Waals surface area contributed by atoms with E-state index in [1.807, 2.05) is 19.9 Å². The summed E-state index contributed by atoms with van der Waals surface area (Å²) < 4.78 is 13.2. The second-order valence-corrected chi connectivity index (χ2v) is 3.71. The van der Waals surface area contributed by atoms with Gasteiger partial charge < -0.3 is 0 Å². The fraction of sp³-hybridized carbons (Fsp3) is 0.333. The van der Waals surface area contributed by atoms with Crippen molar-refractivity contribution in [2.45, 2.75) is 26.9 Å². The van der Waals surface area contributed by atoms with Crippen LogP contribution in [0.5, 0.6) is 0 Å². The molecule has 0 saturated carbocycles. The average Bonchev–Trinajstić information content (AvgIpc) is 2.13. The van der Waals surface area contributed by atoms with Gasteiger partial charge in [-0.2, -0.15) is 0 Å². The molecule has 0 saturated heterocycles. The molecule has 0 aromatic heterocycles. The first kappa shape index (κ1) is 11.6. The largest absolute Gasteiger partial charge is 0.296 e. The van der Waals surface area contributed by atoms with Gasteiger partial charge in [-0.05, 0) is 32.9 Å². The number of halogens is 1. The lowest BCUT2D eigenvalue weighted by molar-refractivity contribution is -0.120. The minimum atomic E-state index is -2.04. The Labute approximate surface area is 88.1 Å². The summed E-state index contributed by atoms with van der Waals surface area (Å²) >= 11 is 0. The zero-order valence-electron chi connectivity index (χ0n) is 9.00. The Morgan fingerprint density at radius 1 is 1.13 bits per heavy atom. The van der Waals surface area contributed by atoms with E-state index >= 15 is 0 Å². The summed E-state index contributed by atoms with van der Waals surface area (Å²) in [5.74, 6) is -1.51. The van der Waals surface area contributed by atoms with Gasteiger partial charge in [-0.15, -0.1) is 0 Å². The van der Waals surface area contributed by atoms with Crippen molar-refractivity contribution in [3.8, 4) is 0 Å². The number of ketones is 2. The molecule has 1 aromatic carbocycles. The predicted molar refractivity (Wildman–Crippen MR) is 55.8 cm³/mol. The highest BCUT2D eigenvalue weighted by Gasteiger charge is 2.23. The van der Waals surface area contributed by atoms with Gasteiger partial charge in [0.15, 0.2) is 5.78 Å². The Kier molecular flexibility index (Phi) is 3.35. The second-order valence-electron chi connectivity index (χ2n) is 3.71. The Hall–Kier alpha value is -1.51. The van der Waals surface area contributed by atoms with Crippen LogP contribution < -0.4 is 0 Å². The SMILES string of the molecule is CC(=O)C(F)C(=O)c1cc(C)cc(C)c1. The van der Waals surface area contributed by atoms with Crippen LogP contribution in [-0.2, 0) is 4.79 Å². The van der Waals surface area contributed by atoms with Gasteiger partial charge in [-0.1, -0.05) is 17.2 Å². The molecule has 3 heteroatoms. The summed E-state index contributed by atoms with van der Waals surface area (Å²) in [5.41, 5.74) is 2.03. The van der Waals surface area contributed by atoms with E-state index in [4.69, 9.17) is 0 Å². The van der Waals surface area contributed by atoms with Gasteiger partial charge in [0.05, 0.1) is 0 Å². The maximum Gasteiger partial charge on any atom is 0.220 e. The molecule has 2 nitrogen and oxygen atoms in total. The van der Waals surface area contributed by atoms with Crippen LogP contribution in [0, 0.1) is 13.8 Å². The van der Waals surface area contributed by atoms with E-state index in [2.05, 4.69) is 0 Å². The van der Waals surface area contributed by atoms with Crippen LogP contribution in [0.25, 0.3) is 0 Å². The summed E-state index contributed by atoms with van der Waals surface area (Å²) in [6.07, 6.45) is -2.04. The number of aryl methyl sites for hydroxylation is 2. The minimum Gasteiger partial charge on any atom is -0.296 e. The number of hydrogen-bond acceptors (Lipinski definition) is 2. The van der Waals surface area contributed by atoms with Crippen LogP contribution in [0.15, 0.2) is 18.2 Å². The van der Waals surface area contributed by atoms with Gasteiger partial charge in [-0.3, -0.25) is 9.59 Å². The van der Waals surface area contributed by atoms with E-state index in [0.29, 0.717) is 0 Å². The zero-order valence-corrected chi connectivity index (χ0v) is 9.00. The quantitative estimate of drug-likeness (QED) is 0.564. The summed E-state index contributed by atoms with van der Waals surface area (Å²) in [6.45, 7) is 4.72. The number of benzene rings is 1. The van der Waals surface area contributed by atoms with E-state index in [0.717, 1.165) is 18.1 Å². The minimum absolute atomic E-state index is 0.259. The van der Waals surface area contributed by atoms with E-state index in [9.17, 15) is 14.0 Å². The molecular formula is C12H13FO2. The van der Waals surface area contributed by atoms with Gasteiger partial charge in [-0.25, -0.2) is 4.39 Å². The molecule has 1 atom stereocenters. The maximum absolute atomic E-state index is 13.2. The highest BCUT2D eigenvalue weighted by molar-refractivity contribution is 6.12. The molecule has 0 aliphatic rings. The van der Waals surface area contributed by atoms with Crippen LogP contribution in [0.3, 0.4) is 0 Å². The topological polar surface area (TPSA) is 34.1 Å². The lowest BCUT2D eigenvalue weighted by Gasteiger charge is -2.05. The Balaban J connectivity index is 3.06. The van der Waals surface area contributed by atoms with Crippen molar-refractivity contribution >= 4 is 11.6 Å². The van der Waals surface area contributed by atoms with Gasteiger partial charge in [0.25, 0.3) is 0 Å². The van der Waals surface area contributed by atoms with Crippen molar-refractivity contribution in [1.82, 2.24) is 0 Å². The maximum atomic E-state index is 13.2. The second kappa shape index (κ2) is 4.34. The molecule has 0 radical (unpaired) electrons. The lowest BCUT2D eigenvalue weighted by atomic mass is 10.0. The van der Waals surface area contributed by atoms with Gasteiger partial charge in [0.1, 0.15) is 0 Å². The summed E-state index contributed by atoms with van der Waals surface area (Å²) in [7, 11) is 0. The van der Waals surface area contributed by atoms with E-state index < -0.39 is 17.7 Å². The van der Waals surface area contributed by atoms with Crippen LogP contribution >= 0.6 is 0 Å². The molecule has 0 spiro atoms. The fourth-order valence-corrected chi connectivity index (χ4v) is 1.45. The number of carbonyl (C=O) groups is 2. The highest BCUT2D eigenvalue weighted by Crippen LogP contribution is 2.12. The van der Waals surface area contributed by atoms with Crippen LogP contribution in [-0.4, -0.2) is 17.7 Å². The standard InChI is InChI=1S/C12H13FO2/c1-7-4-8(2)6-10(5-7)12(15)11(13)9(3)14/h4-6,11H,1-3H3. The number of alkyl halides is 1. The molecule has 80 valence electrons. The summed E-state index contributed by atoms with van der Waals surface area (Å²) in [4.78, 5) is 22.2. The molecule has 0 N–H and O–H groups in total. The average molecular weight is 208 g/mol. The lowest BCUT2D eigenvalue weighted by Crippen LogP contribution is -2.23. The van der Waals surface area contributed by atoms with Crippen molar-refractivity contribution in [2.75, 3.05) is 0 Å². The highest BCUT2D eigenvalue weighted by atomic mass is 19.1. The van der Waals surface area contributed by atoms with Crippen molar-refractivity contribution in [3.63, 3.8) is 0 Å². The molecule has 15 heavy (non-hydrogen) atoms. The summed E-state index contributed by atoms with van der Waals surface area (Å²) in [6, 6.07) is 5.06. The molecule has 0 bridgehead atoms. The molecule has 1 unspecified atom stereocenters. The van der Waals surface area contributed by atoms with Crippen LogP contribution in [0.2, 0.25) is 0 Å². The third-order valence-corrected chi connectivity index (χ3v) is 2.09. The molecule has 0 aliphatic heterocycles. The van der Waals surface area contributed by atoms with Crippen molar-refractivity contribution < 1.29 is 14.0 Å². The van der Waals surface area contributed by atoms with Gasteiger partial charge >= 0.3 is 0 Å². The van der Waals surface area contributed by atoms with Crippen molar-refractivity contribution in [1.29, 1.82) is 0 Å². The summed E-state index contributed by atoms with van der Waals surface area (Å²) in [5, 5.41) is 0. The molecule has 1 aromatic rings. The first-order chi connectivity index (χ1) is 6.91. The molecule has 0 amide bonds. The van der Waals surface area contributed by atoms with E-state index in [-0.39, 0.29) is 5.56 Å². The molecule has 0 heterocycles. The Bertz CT molecular complexity index is 390. The monoisotopic (exact) mass is 208 g/mol. The third kappa shape index (κ3) is 2.72. The number of rotatable bonds is 3. The first-order valence-corrected chi connectivity index (χ1v) is 4.69. The molecule has 1 rings (SSSR count). The smallest absolute Gasteiger partial charge is 0.220 e. The molecule has 0 fully saturated rings. The van der Waals surface area contributed by atoms with Crippen LogP contribution in [0.4, 0.5) is 4.39 Å². The van der Waals surface area contributed by atoms with Gasteiger partial charge in [0, 0.05) is 5.56 Å². The normalized spacial score (nSPS) is 12.3. The van der Waals surface area contributed by atoms with Crippen LogP contribution in [0.1, 0.15) is 28.4 Å². The number of carbonyl (C=O) groups excluding carboxylic acids is 2. The van der Waals surface area contributed by atoms with Crippen molar-refractivity contribution in [3.05, 3.63) is 34.9 Å². The Morgan fingerprint density at radius 3 is 2.00 bits per heavy atom. The predicted octanol–water partition coefficient (Wildman–Crippen LogP) is 2.41. The molecule has 0 aliphatic carbocycles. The first-order valence-electron chi connectivity index (χ1n) is 4.69. The zero-order chi connectivity index (χ0) is 11.6. The third-order valence-electron chi connectivity index (χ3n) is 2.09.